The number of hydrogen-bond donors (Lipinski definition) is 1. The largest absolute Gasteiger partial charge is 0.493 e. The van der Waals surface area contributed by atoms with Crippen LogP contribution < -0.4 is 9.47 Å². The highest BCUT2D eigenvalue weighted by atomic mass is 16.5. The van der Waals surface area contributed by atoms with Gasteiger partial charge in [-0.3, -0.25) is 0 Å². The van der Waals surface area contributed by atoms with E-state index in [-0.39, 0.29) is 6.10 Å². The van der Waals surface area contributed by atoms with Crippen molar-refractivity contribution in [3.63, 3.8) is 0 Å². The van der Waals surface area contributed by atoms with Crippen LogP contribution >= 0.6 is 0 Å². The van der Waals surface area contributed by atoms with E-state index in [0.29, 0.717) is 12.0 Å². The van der Waals surface area contributed by atoms with E-state index in [2.05, 4.69) is 75.9 Å². The molecule has 1 aliphatic rings. The molecule has 0 aliphatic carbocycles. The molecule has 2 aromatic carbocycles. The number of benzene rings is 2. The summed E-state index contributed by atoms with van der Waals surface area (Å²) in [5.74, 6) is 1.91. The Kier molecular flexibility index (Phi) is 8.61. The molecule has 32 heavy (non-hydrogen) atoms. The topological polar surface area (TPSA) is 41.9 Å². The molecule has 0 unspecified atom stereocenters. The molecular weight excluding hydrogens is 398 g/mol. The van der Waals surface area contributed by atoms with Gasteiger partial charge in [0.1, 0.15) is 11.5 Å². The average molecular weight is 440 g/mol. The van der Waals surface area contributed by atoms with Crippen molar-refractivity contribution in [2.24, 2.45) is 5.41 Å². The molecule has 1 aliphatic heterocycles. The van der Waals surface area contributed by atoms with Gasteiger partial charge in [0.05, 0.1) is 19.3 Å². The second-order valence-electron chi connectivity index (χ2n) is 10.3. The Morgan fingerprint density at radius 2 is 1.47 bits per heavy atom. The van der Waals surface area contributed by atoms with Crippen LogP contribution in [0.25, 0.3) is 11.1 Å². The maximum atomic E-state index is 9.66. The highest BCUT2D eigenvalue weighted by molar-refractivity contribution is 5.74. The second kappa shape index (κ2) is 11.2. The van der Waals surface area contributed by atoms with Gasteiger partial charge in [-0.2, -0.15) is 0 Å². The predicted octanol–water partition coefficient (Wildman–Crippen LogP) is 6.01. The van der Waals surface area contributed by atoms with Crippen molar-refractivity contribution >= 4 is 0 Å². The van der Waals surface area contributed by atoms with Gasteiger partial charge in [-0.15, -0.1) is 0 Å². The SMILES string of the molecule is Cc1c(OCCCN2CC[C@@H](O)C2)cccc1-c1cccc(OCCCC(C)(C)C)c1C. The Morgan fingerprint density at radius 3 is 1.97 bits per heavy atom. The van der Waals surface area contributed by atoms with Crippen molar-refractivity contribution in [3.05, 3.63) is 47.5 Å². The summed E-state index contributed by atoms with van der Waals surface area (Å²) in [6.07, 6.45) is 3.92. The van der Waals surface area contributed by atoms with Crippen LogP contribution in [0.2, 0.25) is 0 Å². The van der Waals surface area contributed by atoms with Gasteiger partial charge in [-0.05, 0) is 79.3 Å². The second-order valence-corrected chi connectivity index (χ2v) is 10.3. The van der Waals surface area contributed by atoms with Crippen LogP contribution in [-0.2, 0) is 0 Å². The van der Waals surface area contributed by atoms with Gasteiger partial charge in [0.2, 0.25) is 0 Å². The van der Waals surface area contributed by atoms with Crippen molar-refractivity contribution in [1.82, 2.24) is 4.90 Å². The first kappa shape index (κ1) is 24.6. The lowest BCUT2D eigenvalue weighted by Gasteiger charge is -2.19. The molecule has 1 N–H and O–H groups in total. The van der Waals surface area contributed by atoms with E-state index < -0.39 is 0 Å². The standard InChI is InChI=1S/C28H41NO3/c1-21-24(10-6-12-26(21)31-18-8-15-28(3,4)5)25-11-7-13-27(22(25)2)32-19-9-16-29-17-14-23(30)20-29/h6-7,10-13,23,30H,8-9,14-20H2,1-5H3/t23-/m1/s1. The maximum Gasteiger partial charge on any atom is 0.122 e. The third kappa shape index (κ3) is 6.98. The molecular formula is C28H41NO3. The third-order valence-corrected chi connectivity index (χ3v) is 6.31. The Bertz CT molecular complexity index is 871. The minimum Gasteiger partial charge on any atom is -0.493 e. The zero-order valence-electron chi connectivity index (χ0n) is 20.6. The normalized spacial score (nSPS) is 17.0. The van der Waals surface area contributed by atoms with Gasteiger partial charge in [0.25, 0.3) is 0 Å². The maximum absolute atomic E-state index is 9.66. The molecule has 2 aromatic rings. The summed E-state index contributed by atoms with van der Waals surface area (Å²) < 4.78 is 12.3. The Labute approximate surface area is 194 Å². The number of rotatable bonds is 10. The molecule has 1 atom stereocenters. The molecule has 4 heteroatoms. The summed E-state index contributed by atoms with van der Waals surface area (Å²) >= 11 is 0. The first-order chi connectivity index (χ1) is 15.2. The first-order valence-corrected chi connectivity index (χ1v) is 12.1. The Morgan fingerprint density at radius 1 is 0.906 bits per heavy atom. The molecule has 1 fully saturated rings. The fraction of sp³-hybridized carbons (Fsp3) is 0.571. The fourth-order valence-corrected chi connectivity index (χ4v) is 4.40. The van der Waals surface area contributed by atoms with E-state index in [0.717, 1.165) is 69.0 Å². The van der Waals surface area contributed by atoms with E-state index in [4.69, 9.17) is 9.47 Å². The first-order valence-electron chi connectivity index (χ1n) is 12.1. The number of nitrogens with zero attached hydrogens (tertiary/aromatic N) is 1. The van der Waals surface area contributed by atoms with Gasteiger partial charge in [-0.25, -0.2) is 0 Å². The molecule has 1 saturated heterocycles. The number of likely N-dealkylation sites (tertiary alicyclic amines) is 1. The number of aliphatic hydroxyl groups is 1. The smallest absolute Gasteiger partial charge is 0.122 e. The molecule has 1 heterocycles. The molecule has 0 aromatic heterocycles. The zero-order valence-corrected chi connectivity index (χ0v) is 20.6. The highest BCUT2D eigenvalue weighted by Crippen LogP contribution is 2.35. The fourth-order valence-electron chi connectivity index (χ4n) is 4.40. The molecule has 0 radical (unpaired) electrons. The van der Waals surface area contributed by atoms with Gasteiger partial charge in [0.15, 0.2) is 0 Å². The number of aliphatic hydroxyl groups excluding tert-OH is 1. The van der Waals surface area contributed by atoms with Crippen LogP contribution in [-0.4, -0.2) is 49.0 Å². The zero-order chi connectivity index (χ0) is 23.1. The van der Waals surface area contributed by atoms with Crippen LogP contribution in [0, 0.1) is 19.3 Å². The minimum atomic E-state index is -0.156. The monoisotopic (exact) mass is 439 g/mol. The van der Waals surface area contributed by atoms with Crippen LogP contribution in [0.15, 0.2) is 36.4 Å². The lowest BCUT2D eigenvalue weighted by Crippen LogP contribution is -2.24. The van der Waals surface area contributed by atoms with E-state index in [1.165, 1.54) is 16.7 Å². The Hall–Kier alpha value is -2.04. The van der Waals surface area contributed by atoms with Gasteiger partial charge >= 0.3 is 0 Å². The predicted molar refractivity (Wildman–Crippen MR) is 133 cm³/mol. The third-order valence-electron chi connectivity index (χ3n) is 6.31. The number of ether oxygens (including phenoxy) is 2. The van der Waals surface area contributed by atoms with Gasteiger partial charge in [0, 0.05) is 19.6 Å². The van der Waals surface area contributed by atoms with Gasteiger partial charge in [-0.1, -0.05) is 45.0 Å². The quantitative estimate of drug-likeness (QED) is 0.460. The molecule has 0 spiro atoms. The molecule has 0 bridgehead atoms. The average Bonchev–Trinajstić information content (AvgIpc) is 3.15. The van der Waals surface area contributed by atoms with Crippen LogP contribution in [0.3, 0.4) is 0 Å². The van der Waals surface area contributed by atoms with Crippen molar-refractivity contribution in [2.75, 3.05) is 32.8 Å². The molecule has 0 saturated carbocycles. The lowest BCUT2D eigenvalue weighted by molar-refractivity contribution is 0.173. The summed E-state index contributed by atoms with van der Waals surface area (Å²) in [6, 6.07) is 12.6. The summed E-state index contributed by atoms with van der Waals surface area (Å²) in [6.45, 7) is 15.3. The molecule has 4 nitrogen and oxygen atoms in total. The summed E-state index contributed by atoms with van der Waals surface area (Å²) in [4.78, 5) is 2.31. The number of β-amino-alcohol motifs (C(OH)–C–C–N with tert-alkyl or cyclic N) is 1. The van der Waals surface area contributed by atoms with Crippen LogP contribution in [0.1, 0.15) is 57.6 Å². The highest BCUT2D eigenvalue weighted by Gasteiger charge is 2.19. The molecule has 176 valence electrons. The summed E-state index contributed by atoms with van der Waals surface area (Å²) in [7, 11) is 0. The number of hydrogen-bond acceptors (Lipinski definition) is 4. The van der Waals surface area contributed by atoms with Crippen LogP contribution in [0.4, 0.5) is 0 Å². The molecule has 3 rings (SSSR count). The van der Waals surface area contributed by atoms with E-state index in [9.17, 15) is 5.11 Å². The van der Waals surface area contributed by atoms with E-state index in [1.54, 1.807) is 0 Å². The van der Waals surface area contributed by atoms with Gasteiger partial charge < -0.3 is 19.5 Å². The minimum absolute atomic E-state index is 0.156. The lowest BCUT2D eigenvalue weighted by atomic mass is 9.91. The Balaban J connectivity index is 1.61. The summed E-state index contributed by atoms with van der Waals surface area (Å²) in [5.41, 5.74) is 5.08. The summed E-state index contributed by atoms with van der Waals surface area (Å²) in [5, 5.41) is 9.66. The van der Waals surface area contributed by atoms with E-state index >= 15 is 0 Å². The van der Waals surface area contributed by atoms with Crippen molar-refractivity contribution in [3.8, 4) is 22.6 Å². The molecule has 0 amide bonds. The van der Waals surface area contributed by atoms with Crippen molar-refractivity contribution in [2.45, 2.75) is 66.4 Å². The van der Waals surface area contributed by atoms with Crippen molar-refractivity contribution < 1.29 is 14.6 Å². The van der Waals surface area contributed by atoms with Crippen LogP contribution in [0.5, 0.6) is 11.5 Å². The van der Waals surface area contributed by atoms with E-state index in [1.807, 2.05) is 0 Å². The van der Waals surface area contributed by atoms with Crippen molar-refractivity contribution in [1.29, 1.82) is 0 Å².